The zero-order valence-corrected chi connectivity index (χ0v) is 11.1. The standard InChI is InChI=1S/C6H12N2O4.C4H7NO4/c7-4(3-5(10)11)6(12)8-1-2-9;5-2(4(8)9)1-3(6)7/h4,9H,1-3,7H2,(H,8,12)(H,10,11);2H,1,5H2,(H,6,7)(H,8,9)/t4-;2-/m00/s1. The second kappa shape index (κ2) is 11.6. The lowest BCUT2D eigenvalue weighted by Gasteiger charge is -2.08. The third-order valence-electron chi connectivity index (χ3n) is 1.85. The number of aliphatic hydroxyl groups is 1. The lowest BCUT2D eigenvalue weighted by Crippen LogP contribution is -2.42. The molecule has 0 aromatic heterocycles. The first-order valence-corrected chi connectivity index (χ1v) is 5.67. The van der Waals surface area contributed by atoms with Gasteiger partial charge in [-0.2, -0.15) is 0 Å². The van der Waals surface area contributed by atoms with E-state index >= 15 is 0 Å². The van der Waals surface area contributed by atoms with Crippen molar-refractivity contribution in [1.29, 1.82) is 0 Å². The summed E-state index contributed by atoms with van der Waals surface area (Å²) in [4.78, 5) is 40.5. The minimum atomic E-state index is -1.29. The molecule has 11 heteroatoms. The number of aliphatic hydroxyl groups excluding tert-OH is 1. The summed E-state index contributed by atoms with van der Waals surface area (Å²) in [5, 5.41) is 34.8. The Bertz CT molecular complexity index is 373. The van der Waals surface area contributed by atoms with Crippen LogP contribution in [0.15, 0.2) is 0 Å². The minimum Gasteiger partial charge on any atom is -0.481 e. The van der Waals surface area contributed by atoms with Gasteiger partial charge in [-0.15, -0.1) is 0 Å². The van der Waals surface area contributed by atoms with Crippen LogP contribution in [0.5, 0.6) is 0 Å². The van der Waals surface area contributed by atoms with Gasteiger partial charge in [0.1, 0.15) is 6.04 Å². The first kappa shape index (κ1) is 21.1. The molecule has 0 aromatic carbocycles. The number of nitrogens with one attached hydrogen (secondary N) is 1. The van der Waals surface area contributed by atoms with E-state index in [1.54, 1.807) is 0 Å². The third kappa shape index (κ3) is 14.0. The van der Waals surface area contributed by atoms with Crippen molar-refractivity contribution in [2.75, 3.05) is 13.2 Å². The molecule has 0 aliphatic heterocycles. The molecule has 0 heterocycles. The van der Waals surface area contributed by atoms with Gasteiger partial charge in [0.25, 0.3) is 0 Å². The highest BCUT2D eigenvalue weighted by Gasteiger charge is 2.16. The number of carboxylic acid groups (broad SMARTS) is 3. The van der Waals surface area contributed by atoms with Crippen molar-refractivity contribution >= 4 is 23.8 Å². The molecular weight excluding hydrogens is 290 g/mol. The summed E-state index contributed by atoms with van der Waals surface area (Å²) >= 11 is 0. The SMILES string of the molecule is N[C@@H](CC(=O)O)C(=O)NCCO.N[C@@H](CC(=O)O)C(=O)O. The zero-order chi connectivity index (χ0) is 17.0. The fraction of sp³-hybridized carbons (Fsp3) is 0.600. The molecule has 0 rings (SSSR count). The van der Waals surface area contributed by atoms with E-state index < -0.39 is 48.7 Å². The van der Waals surface area contributed by atoms with Crippen molar-refractivity contribution < 1.29 is 39.6 Å². The average molecular weight is 309 g/mol. The fourth-order valence-electron chi connectivity index (χ4n) is 0.866. The monoisotopic (exact) mass is 309 g/mol. The Hall–Kier alpha value is -2.24. The van der Waals surface area contributed by atoms with Gasteiger partial charge in [0.05, 0.1) is 25.5 Å². The Morgan fingerprint density at radius 3 is 1.62 bits per heavy atom. The van der Waals surface area contributed by atoms with Crippen LogP contribution in [0.2, 0.25) is 0 Å². The van der Waals surface area contributed by atoms with Crippen molar-refractivity contribution in [1.82, 2.24) is 5.32 Å². The molecule has 11 nitrogen and oxygen atoms in total. The molecule has 0 aliphatic carbocycles. The fourth-order valence-corrected chi connectivity index (χ4v) is 0.866. The van der Waals surface area contributed by atoms with Gasteiger partial charge < -0.3 is 37.2 Å². The highest BCUT2D eigenvalue weighted by atomic mass is 16.4. The van der Waals surface area contributed by atoms with E-state index in [-0.39, 0.29) is 13.2 Å². The summed E-state index contributed by atoms with van der Waals surface area (Å²) in [6.07, 6.45) is -0.938. The first-order valence-electron chi connectivity index (χ1n) is 5.67. The molecule has 0 bridgehead atoms. The summed E-state index contributed by atoms with van der Waals surface area (Å²) in [5.41, 5.74) is 10.0. The van der Waals surface area contributed by atoms with E-state index in [2.05, 4.69) is 5.32 Å². The van der Waals surface area contributed by atoms with E-state index in [0.717, 1.165) is 0 Å². The first-order chi connectivity index (χ1) is 9.61. The number of amides is 1. The molecule has 0 saturated heterocycles. The summed E-state index contributed by atoms with van der Waals surface area (Å²) in [7, 11) is 0. The molecule has 1 amide bonds. The molecule has 9 N–H and O–H groups in total. The molecule has 21 heavy (non-hydrogen) atoms. The van der Waals surface area contributed by atoms with Crippen LogP contribution in [0.4, 0.5) is 0 Å². The third-order valence-corrected chi connectivity index (χ3v) is 1.85. The maximum atomic E-state index is 10.8. The van der Waals surface area contributed by atoms with Gasteiger partial charge in [0, 0.05) is 6.54 Å². The lowest BCUT2D eigenvalue weighted by atomic mass is 10.2. The van der Waals surface area contributed by atoms with Crippen LogP contribution in [0.25, 0.3) is 0 Å². The van der Waals surface area contributed by atoms with Gasteiger partial charge >= 0.3 is 17.9 Å². The molecule has 2 atom stereocenters. The van der Waals surface area contributed by atoms with Gasteiger partial charge in [-0.25, -0.2) is 0 Å². The molecule has 0 fully saturated rings. The van der Waals surface area contributed by atoms with Crippen molar-refractivity contribution in [2.24, 2.45) is 11.5 Å². The summed E-state index contributed by atoms with van der Waals surface area (Å²) < 4.78 is 0. The normalized spacial score (nSPS) is 12.3. The van der Waals surface area contributed by atoms with Crippen LogP contribution >= 0.6 is 0 Å². The Morgan fingerprint density at radius 1 is 0.905 bits per heavy atom. The Morgan fingerprint density at radius 2 is 1.33 bits per heavy atom. The van der Waals surface area contributed by atoms with Crippen LogP contribution < -0.4 is 16.8 Å². The van der Waals surface area contributed by atoms with Crippen molar-refractivity contribution in [2.45, 2.75) is 24.9 Å². The second-order valence-electron chi connectivity index (χ2n) is 3.76. The summed E-state index contributed by atoms with van der Waals surface area (Å²) in [6.45, 7) is -0.0995. The van der Waals surface area contributed by atoms with E-state index in [0.29, 0.717) is 0 Å². The summed E-state index contributed by atoms with van der Waals surface area (Å²) in [6, 6.07) is -2.34. The predicted octanol–water partition coefficient (Wildman–Crippen LogP) is -3.23. The smallest absolute Gasteiger partial charge is 0.321 e. The highest BCUT2D eigenvalue weighted by Crippen LogP contribution is 1.87. The number of nitrogens with two attached hydrogens (primary N) is 2. The number of aliphatic carboxylic acids is 3. The molecule has 0 aliphatic rings. The Labute approximate surface area is 119 Å². The number of carbonyl (C=O) groups is 4. The molecular formula is C10H19N3O8. The maximum absolute atomic E-state index is 10.8. The second-order valence-corrected chi connectivity index (χ2v) is 3.76. The van der Waals surface area contributed by atoms with E-state index in [1.807, 2.05) is 0 Å². The minimum absolute atomic E-state index is 0.0894. The van der Waals surface area contributed by atoms with Crippen LogP contribution in [0.1, 0.15) is 12.8 Å². The van der Waals surface area contributed by atoms with Crippen LogP contribution in [-0.4, -0.2) is 69.5 Å². The zero-order valence-electron chi connectivity index (χ0n) is 11.1. The number of rotatable bonds is 8. The largest absolute Gasteiger partial charge is 0.481 e. The van der Waals surface area contributed by atoms with Crippen molar-refractivity contribution in [3.05, 3.63) is 0 Å². The molecule has 0 radical (unpaired) electrons. The molecule has 0 spiro atoms. The predicted molar refractivity (Wildman–Crippen MR) is 68.2 cm³/mol. The van der Waals surface area contributed by atoms with Crippen LogP contribution in [0, 0.1) is 0 Å². The topological polar surface area (TPSA) is 213 Å². The van der Waals surface area contributed by atoms with Crippen LogP contribution in [0.3, 0.4) is 0 Å². The molecule has 0 saturated carbocycles. The van der Waals surface area contributed by atoms with E-state index in [4.69, 9.17) is 31.9 Å². The maximum Gasteiger partial charge on any atom is 0.321 e. The average Bonchev–Trinajstić information content (AvgIpc) is 2.34. The van der Waals surface area contributed by atoms with Gasteiger partial charge in [0.15, 0.2) is 0 Å². The quantitative estimate of drug-likeness (QED) is 0.238. The lowest BCUT2D eigenvalue weighted by molar-refractivity contribution is -0.144. The molecule has 0 aromatic rings. The van der Waals surface area contributed by atoms with Crippen molar-refractivity contribution in [3.63, 3.8) is 0 Å². The highest BCUT2D eigenvalue weighted by molar-refractivity contribution is 5.85. The van der Waals surface area contributed by atoms with Gasteiger partial charge in [-0.1, -0.05) is 0 Å². The Kier molecular flexibility index (Phi) is 11.6. The van der Waals surface area contributed by atoms with Gasteiger partial charge in [-0.3, -0.25) is 19.2 Å². The number of hydrogen-bond acceptors (Lipinski definition) is 7. The molecule has 0 unspecified atom stereocenters. The number of carboxylic acids is 3. The Balaban J connectivity index is 0. The van der Waals surface area contributed by atoms with Gasteiger partial charge in [-0.05, 0) is 0 Å². The van der Waals surface area contributed by atoms with Gasteiger partial charge in [0.2, 0.25) is 5.91 Å². The number of hydrogen-bond donors (Lipinski definition) is 7. The molecule has 122 valence electrons. The van der Waals surface area contributed by atoms with Crippen LogP contribution in [-0.2, 0) is 19.2 Å². The van der Waals surface area contributed by atoms with E-state index in [9.17, 15) is 19.2 Å². The summed E-state index contributed by atoms with van der Waals surface area (Å²) in [5.74, 6) is -4.18. The van der Waals surface area contributed by atoms with E-state index in [1.165, 1.54) is 0 Å². The van der Waals surface area contributed by atoms with Crippen molar-refractivity contribution in [3.8, 4) is 0 Å². The number of carbonyl (C=O) groups excluding carboxylic acids is 1.